The summed E-state index contributed by atoms with van der Waals surface area (Å²) in [6.45, 7) is 7.06. The van der Waals surface area contributed by atoms with E-state index >= 15 is 0 Å². The molecule has 0 spiro atoms. The van der Waals surface area contributed by atoms with E-state index in [1.54, 1.807) is 0 Å². The summed E-state index contributed by atoms with van der Waals surface area (Å²) in [5.41, 5.74) is 3.01. The molecule has 0 radical (unpaired) electrons. The number of oxazole rings is 1. The van der Waals surface area contributed by atoms with E-state index in [4.69, 9.17) is 16.0 Å². The number of alkyl halides is 1. The maximum absolute atomic E-state index is 5.65. The van der Waals surface area contributed by atoms with Crippen molar-refractivity contribution in [1.29, 1.82) is 0 Å². The third kappa shape index (κ3) is 2.61. The number of fused-ring (bicyclic) bond motifs is 1. The summed E-state index contributed by atoms with van der Waals surface area (Å²) in [7, 11) is 0. The molecule has 1 aromatic carbocycles. The first-order valence-corrected chi connectivity index (χ1v) is 6.21. The summed E-state index contributed by atoms with van der Waals surface area (Å²) in [6, 6.07) is 6.62. The van der Waals surface area contributed by atoms with Crippen molar-refractivity contribution in [2.24, 2.45) is 0 Å². The van der Waals surface area contributed by atoms with Gasteiger partial charge >= 0.3 is 0 Å². The van der Waals surface area contributed by atoms with Gasteiger partial charge in [0.1, 0.15) is 5.52 Å². The van der Waals surface area contributed by atoms with E-state index in [0.717, 1.165) is 17.6 Å². The molecule has 1 N–H and O–H groups in total. The van der Waals surface area contributed by atoms with E-state index in [-0.39, 0.29) is 5.41 Å². The quantitative estimate of drug-likeness (QED) is 0.671. The number of aryl methyl sites for hydroxylation is 1. The van der Waals surface area contributed by atoms with E-state index < -0.39 is 0 Å². The second-order valence-corrected chi connectivity index (χ2v) is 5.13. The van der Waals surface area contributed by atoms with E-state index in [9.17, 15) is 0 Å². The molecule has 1 heterocycles. The fourth-order valence-corrected chi connectivity index (χ4v) is 2.02. The maximum atomic E-state index is 5.65. The first-order valence-electron chi connectivity index (χ1n) is 5.67. The minimum atomic E-state index is 0.0237. The molecule has 0 unspecified atom stereocenters. The van der Waals surface area contributed by atoms with Crippen molar-refractivity contribution in [3.05, 3.63) is 29.7 Å². The SMILES string of the molecule is Cc1nc2cc(C(C)(C)CNCCl)ccc2o1. The van der Waals surface area contributed by atoms with Gasteiger partial charge in [-0.1, -0.05) is 19.9 Å². The molecule has 0 aliphatic carbocycles. The summed E-state index contributed by atoms with van der Waals surface area (Å²) >= 11 is 5.65. The van der Waals surface area contributed by atoms with E-state index in [1.807, 2.05) is 13.0 Å². The van der Waals surface area contributed by atoms with Crippen LogP contribution in [0, 0.1) is 6.92 Å². The van der Waals surface area contributed by atoms with Gasteiger partial charge in [0, 0.05) is 18.9 Å². The lowest BCUT2D eigenvalue weighted by Crippen LogP contribution is -2.32. The van der Waals surface area contributed by atoms with Crippen molar-refractivity contribution in [2.45, 2.75) is 26.2 Å². The van der Waals surface area contributed by atoms with Gasteiger partial charge in [-0.05, 0) is 17.7 Å². The highest BCUT2D eigenvalue weighted by Crippen LogP contribution is 2.26. The molecule has 2 rings (SSSR count). The minimum Gasteiger partial charge on any atom is -0.441 e. The molecule has 0 amide bonds. The van der Waals surface area contributed by atoms with Crippen molar-refractivity contribution in [2.75, 3.05) is 12.5 Å². The predicted molar refractivity (Wildman–Crippen MR) is 70.5 cm³/mol. The normalized spacial score (nSPS) is 12.2. The Morgan fingerprint density at radius 3 is 2.88 bits per heavy atom. The highest BCUT2D eigenvalue weighted by molar-refractivity contribution is 6.17. The summed E-state index contributed by atoms with van der Waals surface area (Å²) in [6.07, 6.45) is 0. The number of aromatic nitrogens is 1. The fraction of sp³-hybridized carbons (Fsp3) is 0.462. The third-order valence-electron chi connectivity index (χ3n) is 2.94. The van der Waals surface area contributed by atoms with Gasteiger partial charge in [0.2, 0.25) is 0 Å². The largest absolute Gasteiger partial charge is 0.441 e. The summed E-state index contributed by atoms with van der Waals surface area (Å²) in [5.74, 6) is 0.703. The minimum absolute atomic E-state index is 0.0237. The zero-order valence-corrected chi connectivity index (χ0v) is 11.1. The molecule has 4 heteroatoms. The Labute approximate surface area is 106 Å². The highest BCUT2D eigenvalue weighted by atomic mass is 35.5. The average Bonchev–Trinajstić information content (AvgIpc) is 2.65. The second-order valence-electron chi connectivity index (χ2n) is 4.86. The molecule has 0 fully saturated rings. The number of hydrogen-bond donors (Lipinski definition) is 1. The van der Waals surface area contributed by atoms with Crippen LogP contribution in [0.15, 0.2) is 22.6 Å². The Morgan fingerprint density at radius 2 is 2.18 bits per heavy atom. The first-order chi connectivity index (χ1) is 8.03. The van der Waals surface area contributed by atoms with Gasteiger partial charge in [0.05, 0.1) is 6.00 Å². The molecule has 3 nitrogen and oxygen atoms in total. The number of nitrogens with one attached hydrogen (secondary N) is 1. The zero-order valence-electron chi connectivity index (χ0n) is 10.4. The molecule has 0 aliphatic heterocycles. The molecular formula is C13H17ClN2O. The van der Waals surface area contributed by atoms with Crippen LogP contribution in [0.3, 0.4) is 0 Å². The van der Waals surface area contributed by atoms with Crippen LogP contribution < -0.4 is 5.32 Å². The standard InChI is InChI=1S/C13H17ClN2O/c1-9-16-11-6-10(4-5-12(11)17-9)13(2,3)7-15-8-14/h4-6,15H,7-8H2,1-3H3. The molecule has 1 aromatic heterocycles. The van der Waals surface area contributed by atoms with Crippen molar-refractivity contribution in [1.82, 2.24) is 10.3 Å². The molecule has 2 aromatic rings. The van der Waals surface area contributed by atoms with Crippen molar-refractivity contribution in [3.8, 4) is 0 Å². The van der Waals surface area contributed by atoms with Crippen LogP contribution in [0.2, 0.25) is 0 Å². The molecule has 0 aliphatic rings. The van der Waals surface area contributed by atoms with Gasteiger partial charge in [-0.2, -0.15) is 0 Å². The van der Waals surface area contributed by atoms with Crippen molar-refractivity contribution in [3.63, 3.8) is 0 Å². The summed E-state index contributed by atoms with van der Waals surface area (Å²) < 4.78 is 5.47. The van der Waals surface area contributed by atoms with E-state index in [2.05, 4.69) is 36.3 Å². The molecule has 92 valence electrons. The predicted octanol–water partition coefficient (Wildman–Crippen LogP) is 3.20. The Bertz CT molecular complexity index is 519. The van der Waals surface area contributed by atoms with Crippen molar-refractivity contribution < 1.29 is 4.42 Å². The van der Waals surface area contributed by atoms with Crippen LogP contribution in [0.4, 0.5) is 0 Å². The van der Waals surface area contributed by atoms with Crippen molar-refractivity contribution >= 4 is 22.7 Å². The fourth-order valence-electron chi connectivity index (χ4n) is 1.93. The first kappa shape index (κ1) is 12.4. The lowest BCUT2D eigenvalue weighted by atomic mass is 9.84. The Balaban J connectivity index is 2.34. The van der Waals surface area contributed by atoms with Gasteiger partial charge in [-0.15, -0.1) is 11.6 Å². The van der Waals surface area contributed by atoms with Gasteiger partial charge in [-0.25, -0.2) is 4.98 Å². The van der Waals surface area contributed by atoms with Gasteiger partial charge in [0.25, 0.3) is 0 Å². The Kier molecular flexibility index (Phi) is 3.40. The van der Waals surface area contributed by atoms with Gasteiger partial charge < -0.3 is 9.73 Å². The molecule has 0 bridgehead atoms. The average molecular weight is 253 g/mol. The lowest BCUT2D eigenvalue weighted by molar-refractivity contribution is 0.489. The van der Waals surface area contributed by atoms with E-state index in [1.165, 1.54) is 5.56 Å². The Hall–Kier alpha value is -1.06. The maximum Gasteiger partial charge on any atom is 0.192 e. The van der Waals surface area contributed by atoms with Crippen LogP contribution in [-0.4, -0.2) is 17.5 Å². The van der Waals surface area contributed by atoms with Gasteiger partial charge in [0.15, 0.2) is 11.5 Å². The molecule has 0 saturated carbocycles. The third-order valence-corrected chi connectivity index (χ3v) is 3.13. The van der Waals surface area contributed by atoms with Gasteiger partial charge in [-0.3, -0.25) is 0 Å². The van der Waals surface area contributed by atoms with Crippen LogP contribution in [-0.2, 0) is 5.41 Å². The van der Waals surface area contributed by atoms with Crippen LogP contribution in [0.5, 0.6) is 0 Å². The van der Waals surface area contributed by atoms with Crippen LogP contribution in [0.25, 0.3) is 11.1 Å². The number of hydrogen-bond acceptors (Lipinski definition) is 3. The summed E-state index contributed by atoms with van der Waals surface area (Å²) in [5, 5.41) is 3.16. The van der Waals surface area contributed by atoms with Crippen LogP contribution in [0.1, 0.15) is 25.3 Å². The monoisotopic (exact) mass is 252 g/mol. The van der Waals surface area contributed by atoms with E-state index in [0.29, 0.717) is 11.9 Å². The molecular weight excluding hydrogens is 236 g/mol. The number of halogens is 1. The Morgan fingerprint density at radius 1 is 1.41 bits per heavy atom. The highest BCUT2D eigenvalue weighted by Gasteiger charge is 2.20. The summed E-state index contributed by atoms with van der Waals surface area (Å²) in [4.78, 5) is 4.35. The molecule has 0 atom stereocenters. The smallest absolute Gasteiger partial charge is 0.192 e. The van der Waals surface area contributed by atoms with Crippen LogP contribution >= 0.6 is 11.6 Å². The lowest BCUT2D eigenvalue weighted by Gasteiger charge is -2.25. The second kappa shape index (κ2) is 4.67. The number of nitrogens with zero attached hydrogens (tertiary/aromatic N) is 1. The topological polar surface area (TPSA) is 38.1 Å². The number of benzene rings is 1. The number of rotatable bonds is 4. The molecule has 0 saturated heterocycles. The molecule has 17 heavy (non-hydrogen) atoms. The zero-order chi connectivity index (χ0) is 12.5.